The quantitative estimate of drug-likeness (QED) is 0.852. The molecule has 1 aliphatic rings. The third kappa shape index (κ3) is 2.83. The number of halogens is 1. The van der Waals surface area contributed by atoms with Gasteiger partial charge in [0.2, 0.25) is 10.0 Å². The van der Waals surface area contributed by atoms with Crippen LogP contribution >= 0.6 is 27.3 Å². The molecule has 0 amide bonds. The normalized spacial score (nSPS) is 19.6. The molecule has 0 saturated carbocycles. The molecule has 0 atom stereocenters. The minimum atomic E-state index is -3.41. The topological polar surface area (TPSA) is 63.4 Å². The van der Waals surface area contributed by atoms with Crippen LogP contribution in [0.2, 0.25) is 0 Å². The maximum Gasteiger partial charge on any atom is 0.245 e. The van der Waals surface area contributed by atoms with Crippen LogP contribution in [-0.2, 0) is 16.6 Å². The Labute approximate surface area is 133 Å². The van der Waals surface area contributed by atoms with E-state index in [2.05, 4.69) is 29.8 Å². The van der Waals surface area contributed by atoms with Crippen molar-refractivity contribution in [2.75, 3.05) is 13.1 Å². The van der Waals surface area contributed by atoms with E-state index < -0.39 is 10.0 Å². The number of rotatable bonds is 5. The third-order valence-corrected chi connectivity index (χ3v) is 8.55. The zero-order valence-corrected chi connectivity index (χ0v) is 15.1. The van der Waals surface area contributed by atoms with E-state index in [1.807, 2.05) is 0 Å². The molecule has 20 heavy (non-hydrogen) atoms. The molecule has 7 heteroatoms. The smallest absolute Gasteiger partial charge is 0.245 e. The first-order valence-corrected chi connectivity index (χ1v) is 9.92. The van der Waals surface area contributed by atoms with Crippen molar-refractivity contribution in [1.29, 1.82) is 0 Å². The van der Waals surface area contributed by atoms with Gasteiger partial charge in [-0.2, -0.15) is 4.31 Å². The van der Waals surface area contributed by atoms with E-state index in [0.717, 1.165) is 24.1 Å². The lowest BCUT2D eigenvalue weighted by atomic mass is 9.82. The Balaban J connectivity index is 2.30. The second-order valence-electron chi connectivity index (χ2n) is 5.35. The molecular formula is C13H21BrN2O2S2. The van der Waals surface area contributed by atoms with Crippen LogP contribution in [0, 0.1) is 5.41 Å². The van der Waals surface area contributed by atoms with Gasteiger partial charge in [0.15, 0.2) is 0 Å². The molecular weight excluding hydrogens is 360 g/mol. The fourth-order valence-corrected chi connectivity index (χ4v) is 6.80. The first-order chi connectivity index (χ1) is 9.38. The molecule has 4 nitrogen and oxygen atoms in total. The SMILES string of the molecule is CCC1(CC)CCN(S(=O)(=O)c2cc(CN)sc2Br)C1. The monoisotopic (exact) mass is 380 g/mol. The predicted molar refractivity (Wildman–Crippen MR) is 86.3 cm³/mol. The number of thiophene rings is 1. The molecule has 0 bridgehead atoms. The molecule has 1 saturated heterocycles. The van der Waals surface area contributed by atoms with Crippen LogP contribution in [0.15, 0.2) is 14.7 Å². The molecule has 2 N–H and O–H groups in total. The molecule has 0 aromatic carbocycles. The lowest BCUT2D eigenvalue weighted by Crippen LogP contribution is -2.31. The van der Waals surface area contributed by atoms with Gasteiger partial charge in [-0.1, -0.05) is 13.8 Å². The van der Waals surface area contributed by atoms with Crippen molar-refractivity contribution in [2.45, 2.75) is 44.6 Å². The fraction of sp³-hybridized carbons (Fsp3) is 0.692. The molecule has 1 aromatic heterocycles. The molecule has 1 aliphatic heterocycles. The number of sulfonamides is 1. The van der Waals surface area contributed by atoms with E-state index >= 15 is 0 Å². The van der Waals surface area contributed by atoms with E-state index in [-0.39, 0.29) is 5.41 Å². The van der Waals surface area contributed by atoms with Crippen molar-refractivity contribution in [3.63, 3.8) is 0 Å². The van der Waals surface area contributed by atoms with Crippen LogP contribution in [0.25, 0.3) is 0 Å². The Kier molecular flexibility index (Phi) is 4.96. The zero-order valence-electron chi connectivity index (χ0n) is 11.9. The number of hydrogen-bond donors (Lipinski definition) is 1. The predicted octanol–water partition coefficient (Wildman–Crippen LogP) is 3.17. The van der Waals surface area contributed by atoms with Gasteiger partial charge >= 0.3 is 0 Å². The van der Waals surface area contributed by atoms with Crippen molar-refractivity contribution in [1.82, 2.24) is 4.31 Å². The van der Waals surface area contributed by atoms with Crippen LogP contribution in [0.1, 0.15) is 38.0 Å². The standard InChI is InChI=1S/C13H21BrN2O2S2/c1-3-13(4-2)5-6-16(9-13)20(17,18)11-7-10(8-15)19-12(11)14/h7H,3-6,8-9,15H2,1-2H3. The van der Waals surface area contributed by atoms with Gasteiger partial charge in [-0.3, -0.25) is 0 Å². The molecule has 2 rings (SSSR count). The van der Waals surface area contributed by atoms with E-state index in [1.54, 1.807) is 10.4 Å². The van der Waals surface area contributed by atoms with Crippen molar-refractivity contribution < 1.29 is 8.42 Å². The highest BCUT2D eigenvalue weighted by molar-refractivity contribution is 9.11. The maximum atomic E-state index is 12.8. The molecule has 1 fully saturated rings. The van der Waals surface area contributed by atoms with Gasteiger partial charge in [0.05, 0.1) is 3.79 Å². The molecule has 2 heterocycles. The zero-order chi connectivity index (χ0) is 15.0. The second kappa shape index (κ2) is 6.04. The Hall–Kier alpha value is 0.0500. The Morgan fingerprint density at radius 1 is 1.45 bits per heavy atom. The Morgan fingerprint density at radius 2 is 2.10 bits per heavy atom. The minimum absolute atomic E-state index is 0.145. The highest BCUT2D eigenvalue weighted by atomic mass is 79.9. The highest BCUT2D eigenvalue weighted by Gasteiger charge is 2.41. The van der Waals surface area contributed by atoms with Gasteiger partial charge in [-0.25, -0.2) is 8.42 Å². The molecule has 0 aliphatic carbocycles. The second-order valence-corrected chi connectivity index (χ2v) is 9.71. The van der Waals surface area contributed by atoms with Gasteiger partial charge in [0.1, 0.15) is 4.90 Å². The van der Waals surface area contributed by atoms with Gasteiger partial charge in [-0.05, 0) is 46.7 Å². The van der Waals surface area contributed by atoms with Crippen LogP contribution < -0.4 is 5.73 Å². The average molecular weight is 381 g/mol. The summed E-state index contributed by atoms with van der Waals surface area (Å²) in [6.07, 6.45) is 2.99. The largest absolute Gasteiger partial charge is 0.326 e. The number of hydrogen-bond acceptors (Lipinski definition) is 4. The Morgan fingerprint density at radius 3 is 2.55 bits per heavy atom. The molecule has 0 radical (unpaired) electrons. The van der Waals surface area contributed by atoms with Crippen LogP contribution in [-0.4, -0.2) is 25.8 Å². The molecule has 1 aromatic rings. The average Bonchev–Trinajstić information content (AvgIpc) is 3.03. The third-order valence-electron chi connectivity index (χ3n) is 4.43. The number of nitrogens with two attached hydrogens (primary N) is 1. The van der Waals surface area contributed by atoms with Gasteiger partial charge < -0.3 is 5.73 Å². The summed E-state index contributed by atoms with van der Waals surface area (Å²) in [4.78, 5) is 1.25. The van der Waals surface area contributed by atoms with E-state index in [9.17, 15) is 8.42 Å². The van der Waals surface area contributed by atoms with Crippen molar-refractivity contribution in [2.24, 2.45) is 11.1 Å². The fourth-order valence-electron chi connectivity index (χ4n) is 2.74. The van der Waals surface area contributed by atoms with E-state index in [0.29, 0.717) is 28.3 Å². The van der Waals surface area contributed by atoms with Crippen LogP contribution in [0.4, 0.5) is 0 Å². The van der Waals surface area contributed by atoms with E-state index in [4.69, 9.17) is 5.73 Å². The summed E-state index contributed by atoms with van der Waals surface area (Å²) in [6, 6.07) is 1.70. The summed E-state index contributed by atoms with van der Waals surface area (Å²) >= 11 is 4.76. The van der Waals surface area contributed by atoms with Crippen LogP contribution in [0.5, 0.6) is 0 Å². The summed E-state index contributed by atoms with van der Waals surface area (Å²) in [6.45, 7) is 5.90. The summed E-state index contributed by atoms with van der Waals surface area (Å²) in [5, 5.41) is 0. The van der Waals surface area contributed by atoms with Gasteiger partial charge in [0, 0.05) is 24.5 Å². The van der Waals surface area contributed by atoms with Crippen molar-refractivity contribution >= 4 is 37.3 Å². The Bertz CT molecular complexity index is 579. The van der Waals surface area contributed by atoms with Crippen molar-refractivity contribution in [3.8, 4) is 0 Å². The number of nitrogens with zero attached hydrogens (tertiary/aromatic N) is 1. The summed E-state index contributed by atoms with van der Waals surface area (Å²) in [7, 11) is -3.41. The molecule has 0 unspecified atom stereocenters. The van der Waals surface area contributed by atoms with Gasteiger partial charge in [0.25, 0.3) is 0 Å². The lowest BCUT2D eigenvalue weighted by molar-refractivity contribution is 0.279. The summed E-state index contributed by atoms with van der Waals surface area (Å²) in [5.74, 6) is 0. The summed E-state index contributed by atoms with van der Waals surface area (Å²) < 4.78 is 27.8. The molecule has 114 valence electrons. The van der Waals surface area contributed by atoms with E-state index in [1.165, 1.54) is 11.3 Å². The van der Waals surface area contributed by atoms with Gasteiger partial charge in [-0.15, -0.1) is 11.3 Å². The summed E-state index contributed by atoms with van der Waals surface area (Å²) in [5.41, 5.74) is 5.74. The molecule has 0 spiro atoms. The highest BCUT2D eigenvalue weighted by Crippen LogP contribution is 2.41. The minimum Gasteiger partial charge on any atom is -0.326 e. The van der Waals surface area contributed by atoms with Crippen LogP contribution in [0.3, 0.4) is 0 Å². The first-order valence-electron chi connectivity index (χ1n) is 6.87. The maximum absolute atomic E-state index is 12.8. The first kappa shape index (κ1) is 16.4. The lowest BCUT2D eigenvalue weighted by Gasteiger charge is -2.26. The van der Waals surface area contributed by atoms with Crippen molar-refractivity contribution in [3.05, 3.63) is 14.7 Å².